The topological polar surface area (TPSA) is 51.0 Å². The van der Waals surface area contributed by atoms with E-state index >= 15 is 0 Å². The fourth-order valence-electron chi connectivity index (χ4n) is 2.98. The smallest absolute Gasteiger partial charge is 0.253 e. The molecule has 0 atom stereocenters. The van der Waals surface area contributed by atoms with E-state index in [-0.39, 0.29) is 5.91 Å². The van der Waals surface area contributed by atoms with E-state index in [1.807, 2.05) is 65.2 Å². The van der Waals surface area contributed by atoms with E-state index in [9.17, 15) is 4.79 Å². The van der Waals surface area contributed by atoms with Crippen LogP contribution >= 0.6 is 0 Å². The van der Waals surface area contributed by atoms with Crippen molar-refractivity contribution in [2.45, 2.75) is 6.54 Å². The van der Waals surface area contributed by atoms with Crippen LogP contribution < -0.4 is 0 Å². The summed E-state index contributed by atoms with van der Waals surface area (Å²) < 4.78 is 2.02. The van der Waals surface area contributed by atoms with Gasteiger partial charge in [-0.3, -0.25) is 14.3 Å². The molecule has 0 aliphatic rings. The maximum atomic E-state index is 12.7. The van der Waals surface area contributed by atoms with Crippen LogP contribution in [0, 0.1) is 0 Å². The highest BCUT2D eigenvalue weighted by atomic mass is 16.2. The molecule has 0 saturated carbocycles. The van der Waals surface area contributed by atoms with Crippen molar-refractivity contribution in [3.8, 4) is 5.69 Å². The summed E-state index contributed by atoms with van der Waals surface area (Å²) in [7, 11) is 1.81. The van der Waals surface area contributed by atoms with Crippen molar-refractivity contribution < 1.29 is 4.79 Å². The van der Waals surface area contributed by atoms with Gasteiger partial charge in [-0.2, -0.15) is 0 Å². The van der Waals surface area contributed by atoms with E-state index < -0.39 is 0 Å². The molecule has 5 nitrogen and oxygen atoms in total. The number of carbonyl (C=O) groups excluding carboxylic acids is 1. The van der Waals surface area contributed by atoms with Gasteiger partial charge in [0.25, 0.3) is 5.91 Å². The fourth-order valence-corrected chi connectivity index (χ4v) is 2.98. The molecule has 26 heavy (non-hydrogen) atoms. The van der Waals surface area contributed by atoms with Gasteiger partial charge in [0.15, 0.2) is 0 Å². The third-order valence-corrected chi connectivity index (χ3v) is 4.36. The van der Waals surface area contributed by atoms with Crippen molar-refractivity contribution in [2.75, 3.05) is 7.05 Å². The molecule has 0 fully saturated rings. The van der Waals surface area contributed by atoms with E-state index in [0.717, 1.165) is 22.3 Å². The molecule has 0 N–H and O–H groups in total. The quantitative estimate of drug-likeness (QED) is 0.568. The maximum Gasteiger partial charge on any atom is 0.253 e. The molecule has 0 spiro atoms. The van der Waals surface area contributed by atoms with Crippen LogP contribution in [0.25, 0.3) is 16.7 Å². The van der Waals surface area contributed by atoms with Gasteiger partial charge in [0.2, 0.25) is 0 Å². The molecule has 1 amide bonds. The molecule has 0 radical (unpaired) electrons. The van der Waals surface area contributed by atoms with Crippen LogP contribution in [0.5, 0.6) is 0 Å². The summed E-state index contributed by atoms with van der Waals surface area (Å²) in [5, 5.41) is 0. The average molecular weight is 342 g/mol. The molecule has 5 heteroatoms. The zero-order chi connectivity index (χ0) is 17.9. The Kier molecular flexibility index (Phi) is 4.19. The van der Waals surface area contributed by atoms with Gasteiger partial charge in [-0.1, -0.05) is 12.1 Å². The lowest BCUT2D eigenvalue weighted by molar-refractivity contribution is 0.0785. The Morgan fingerprint density at radius 2 is 1.73 bits per heavy atom. The Hall–Kier alpha value is -3.47. The van der Waals surface area contributed by atoms with E-state index in [0.29, 0.717) is 12.1 Å². The molecular weight excluding hydrogens is 324 g/mol. The minimum Gasteiger partial charge on any atom is -0.337 e. The first kappa shape index (κ1) is 16.0. The monoisotopic (exact) mass is 342 g/mol. The van der Waals surface area contributed by atoms with Crippen LogP contribution in [-0.2, 0) is 6.54 Å². The summed E-state index contributed by atoms with van der Waals surface area (Å²) in [6.45, 7) is 0.551. The normalized spacial score (nSPS) is 10.8. The second-order valence-corrected chi connectivity index (χ2v) is 6.17. The van der Waals surface area contributed by atoms with Gasteiger partial charge in [0.05, 0.1) is 11.0 Å². The van der Waals surface area contributed by atoms with Crippen molar-refractivity contribution in [3.05, 3.63) is 90.5 Å². The number of fused-ring (bicyclic) bond motifs is 1. The van der Waals surface area contributed by atoms with Crippen LogP contribution in [0.15, 0.2) is 79.4 Å². The molecule has 128 valence electrons. The molecule has 2 heterocycles. The zero-order valence-electron chi connectivity index (χ0n) is 14.4. The van der Waals surface area contributed by atoms with Gasteiger partial charge in [0, 0.05) is 37.2 Å². The van der Waals surface area contributed by atoms with Crippen molar-refractivity contribution in [3.63, 3.8) is 0 Å². The molecule has 0 bridgehead atoms. The van der Waals surface area contributed by atoms with Crippen LogP contribution in [0.3, 0.4) is 0 Å². The van der Waals surface area contributed by atoms with E-state index in [4.69, 9.17) is 0 Å². The standard InChI is InChI=1S/C21H18N4O/c1-24(14-16-10-12-22-13-11-16)21(26)17-6-8-18(9-7-17)25-15-23-19-4-2-3-5-20(19)25/h2-13,15H,14H2,1H3. The summed E-state index contributed by atoms with van der Waals surface area (Å²) in [6, 6.07) is 19.4. The largest absolute Gasteiger partial charge is 0.337 e. The predicted octanol–water partition coefficient (Wildman–Crippen LogP) is 3.69. The molecule has 4 rings (SSSR count). The number of hydrogen-bond donors (Lipinski definition) is 0. The molecule has 0 saturated heterocycles. The molecular formula is C21H18N4O. The zero-order valence-corrected chi connectivity index (χ0v) is 14.4. The van der Waals surface area contributed by atoms with Gasteiger partial charge < -0.3 is 4.90 Å². The van der Waals surface area contributed by atoms with Gasteiger partial charge in [-0.25, -0.2) is 4.98 Å². The highest BCUT2D eigenvalue weighted by molar-refractivity contribution is 5.94. The maximum absolute atomic E-state index is 12.7. The summed E-state index contributed by atoms with van der Waals surface area (Å²) >= 11 is 0. The first-order valence-electron chi connectivity index (χ1n) is 8.39. The molecule has 2 aromatic carbocycles. The summed E-state index contributed by atoms with van der Waals surface area (Å²) in [5.74, 6) is -0.0103. The Morgan fingerprint density at radius 3 is 2.50 bits per heavy atom. The fraction of sp³-hybridized carbons (Fsp3) is 0.0952. The van der Waals surface area contributed by atoms with Gasteiger partial charge in [0.1, 0.15) is 6.33 Å². The summed E-state index contributed by atoms with van der Waals surface area (Å²) in [6.07, 6.45) is 5.27. The first-order valence-corrected chi connectivity index (χ1v) is 8.39. The predicted molar refractivity (Wildman–Crippen MR) is 101 cm³/mol. The highest BCUT2D eigenvalue weighted by Crippen LogP contribution is 2.19. The van der Waals surface area contributed by atoms with E-state index in [1.165, 1.54) is 0 Å². The Bertz CT molecular complexity index is 1040. The van der Waals surface area contributed by atoms with Crippen LogP contribution in [0.1, 0.15) is 15.9 Å². The van der Waals surface area contributed by atoms with Gasteiger partial charge in [-0.15, -0.1) is 0 Å². The number of para-hydroxylation sites is 2. The number of aromatic nitrogens is 3. The van der Waals surface area contributed by atoms with Crippen LogP contribution in [0.2, 0.25) is 0 Å². The average Bonchev–Trinajstić information content (AvgIpc) is 3.12. The number of nitrogens with zero attached hydrogens (tertiary/aromatic N) is 4. The number of pyridine rings is 1. The summed E-state index contributed by atoms with van der Waals surface area (Å²) in [4.78, 5) is 22.8. The summed E-state index contributed by atoms with van der Waals surface area (Å²) in [5.41, 5.74) is 4.69. The Balaban J connectivity index is 1.55. The van der Waals surface area contributed by atoms with E-state index in [2.05, 4.69) is 9.97 Å². The Labute approximate surface area is 151 Å². The second-order valence-electron chi connectivity index (χ2n) is 6.17. The van der Waals surface area contributed by atoms with Crippen molar-refractivity contribution in [1.29, 1.82) is 0 Å². The van der Waals surface area contributed by atoms with Gasteiger partial charge in [-0.05, 0) is 54.1 Å². The first-order chi connectivity index (χ1) is 12.7. The minimum atomic E-state index is -0.0103. The van der Waals surface area contributed by atoms with Crippen molar-refractivity contribution in [2.24, 2.45) is 0 Å². The molecule has 0 aliphatic heterocycles. The highest BCUT2D eigenvalue weighted by Gasteiger charge is 2.12. The lowest BCUT2D eigenvalue weighted by atomic mass is 10.1. The van der Waals surface area contributed by atoms with Crippen molar-refractivity contribution >= 4 is 16.9 Å². The number of benzene rings is 2. The number of rotatable bonds is 4. The lowest BCUT2D eigenvalue weighted by Gasteiger charge is -2.17. The number of hydrogen-bond acceptors (Lipinski definition) is 3. The minimum absolute atomic E-state index is 0.0103. The molecule has 0 unspecified atom stereocenters. The second kappa shape index (κ2) is 6.80. The number of carbonyl (C=O) groups is 1. The van der Waals surface area contributed by atoms with Crippen molar-refractivity contribution in [1.82, 2.24) is 19.4 Å². The van der Waals surface area contributed by atoms with Crippen LogP contribution in [-0.4, -0.2) is 32.4 Å². The molecule has 0 aliphatic carbocycles. The Morgan fingerprint density at radius 1 is 1.00 bits per heavy atom. The molecule has 4 aromatic rings. The SMILES string of the molecule is CN(Cc1ccncc1)C(=O)c1ccc(-n2cnc3ccccc32)cc1. The van der Waals surface area contributed by atoms with Crippen LogP contribution in [0.4, 0.5) is 0 Å². The van der Waals surface area contributed by atoms with E-state index in [1.54, 1.807) is 30.7 Å². The third-order valence-electron chi connectivity index (χ3n) is 4.36. The number of amides is 1. The number of imidazole rings is 1. The van der Waals surface area contributed by atoms with Gasteiger partial charge >= 0.3 is 0 Å². The third kappa shape index (κ3) is 3.07. The molecule has 2 aromatic heterocycles. The lowest BCUT2D eigenvalue weighted by Crippen LogP contribution is -2.26.